The van der Waals surface area contributed by atoms with Gasteiger partial charge in [0.2, 0.25) is 5.96 Å². The molecule has 3 aromatic rings. The van der Waals surface area contributed by atoms with E-state index in [-0.39, 0.29) is 11.8 Å². The lowest BCUT2D eigenvalue weighted by Gasteiger charge is -2.22. The summed E-state index contributed by atoms with van der Waals surface area (Å²) < 4.78 is 19.4. The zero-order chi connectivity index (χ0) is 21.7. The number of halogens is 1. The van der Waals surface area contributed by atoms with Crippen LogP contribution in [0.3, 0.4) is 0 Å². The predicted molar refractivity (Wildman–Crippen MR) is 117 cm³/mol. The van der Waals surface area contributed by atoms with E-state index in [1.165, 1.54) is 6.07 Å². The maximum atomic E-state index is 14.1. The first-order chi connectivity index (χ1) is 14.3. The highest BCUT2D eigenvalue weighted by atomic mass is 19.1. The number of aliphatic imine (C=N–C) groups is 1. The number of hydrogen-bond donors (Lipinski definition) is 4. The van der Waals surface area contributed by atoms with Crippen molar-refractivity contribution < 1.29 is 8.91 Å². The Labute approximate surface area is 174 Å². The van der Waals surface area contributed by atoms with Crippen molar-refractivity contribution in [1.29, 1.82) is 5.41 Å². The lowest BCUT2D eigenvalue weighted by Crippen LogP contribution is -2.43. The van der Waals surface area contributed by atoms with Crippen molar-refractivity contribution in [2.24, 2.45) is 4.99 Å². The van der Waals surface area contributed by atoms with Gasteiger partial charge in [0, 0.05) is 31.1 Å². The van der Waals surface area contributed by atoms with Crippen molar-refractivity contribution in [2.45, 2.75) is 19.3 Å². The van der Waals surface area contributed by atoms with Gasteiger partial charge in [0.25, 0.3) is 5.88 Å². The zero-order valence-corrected chi connectivity index (χ0v) is 17.4. The van der Waals surface area contributed by atoms with Gasteiger partial charge in [0.1, 0.15) is 5.82 Å². The first-order valence-corrected chi connectivity index (χ1v) is 9.47. The number of guanidine groups is 2. The molecule has 0 atom stereocenters. The van der Waals surface area contributed by atoms with Crippen LogP contribution in [0.2, 0.25) is 0 Å². The molecule has 30 heavy (non-hydrogen) atoms. The average molecular weight is 408 g/mol. The number of aromatic nitrogens is 1. The highest BCUT2D eigenvalue weighted by Crippen LogP contribution is 2.34. The van der Waals surface area contributed by atoms with Crippen molar-refractivity contribution in [1.82, 2.24) is 21.1 Å². The van der Waals surface area contributed by atoms with Crippen molar-refractivity contribution in [2.75, 3.05) is 14.1 Å². The first kappa shape index (κ1) is 21.0. The Kier molecular flexibility index (Phi) is 6.15. The van der Waals surface area contributed by atoms with Crippen LogP contribution >= 0.6 is 0 Å². The standard InChI is InChI=1S/C22H25FN6O/c1-22(2,15-11-9-14(10-12-15)16-7-5-6-8-17(16)23)18-13-19(30-29-18)27-21(26-4)28-20(24)25-3/h5-13H,1-4H3,(H4,24,25,26,27,28). The zero-order valence-electron chi connectivity index (χ0n) is 17.4. The van der Waals surface area contributed by atoms with Crippen LogP contribution < -0.4 is 16.0 Å². The van der Waals surface area contributed by atoms with E-state index in [0.717, 1.165) is 11.1 Å². The summed E-state index contributed by atoms with van der Waals surface area (Å²) in [5.74, 6) is 0.507. The lowest BCUT2D eigenvalue weighted by atomic mass is 9.81. The Morgan fingerprint density at radius 2 is 1.77 bits per heavy atom. The molecule has 0 aliphatic rings. The molecule has 0 aliphatic heterocycles. The number of rotatable bonds is 4. The van der Waals surface area contributed by atoms with Gasteiger partial charge in [-0.1, -0.05) is 61.5 Å². The largest absolute Gasteiger partial charge is 0.359 e. The molecule has 2 aromatic carbocycles. The maximum Gasteiger partial charge on any atom is 0.253 e. The second kappa shape index (κ2) is 8.77. The van der Waals surface area contributed by atoms with E-state index in [0.29, 0.717) is 23.1 Å². The van der Waals surface area contributed by atoms with Crippen LogP contribution in [0, 0.1) is 11.2 Å². The molecule has 0 aliphatic carbocycles. The fourth-order valence-electron chi connectivity index (χ4n) is 2.96. The summed E-state index contributed by atoms with van der Waals surface area (Å²) in [5, 5.41) is 20.1. The Hall–Kier alpha value is -3.68. The van der Waals surface area contributed by atoms with Gasteiger partial charge in [-0.05, 0) is 17.2 Å². The van der Waals surface area contributed by atoms with Gasteiger partial charge >= 0.3 is 0 Å². The van der Waals surface area contributed by atoms with Crippen molar-refractivity contribution in [3.63, 3.8) is 0 Å². The summed E-state index contributed by atoms with van der Waals surface area (Å²) in [7, 11) is 3.32. The molecule has 0 saturated heterocycles. The van der Waals surface area contributed by atoms with Crippen LogP contribution in [0.4, 0.5) is 10.3 Å². The fraction of sp³-hybridized carbons (Fsp3) is 0.227. The third-order valence-electron chi connectivity index (χ3n) is 4.88. The number of nitrogens with zero attached hydrogens (tertiary/aromatic N) is 2. The van der Waals surface area contributed by atoms with Crippen LogP contribution in [0.1, 0.15) is 25.1 Å². The highest BCUT2D eigenvalue weighted by Gasteiger charge is 2.27. The summed E-state index contributed by atoms with van der Waals surface area (Å²) in [5.41, 5.74) is 2.65. The Balaban J connectivity index is 1.84. The molecule has 0 unspecified atom stereocenters. The Morgan fingerprint density at radius 1 is 1.07 bits per heavy atom. The van der Waals surface area contributed by atoms with E-state index < -0.39 is 5.41 Å². The molecular weight excluding hydrogens is 383 g/mol. The summed E-state index contributed by atoms with van der Waals surface area (Å²) in [6.07, 6.45) is 0. The minimum Gasteiger partial charge on any atom is -0.359 e. The Morgan fingerprint density at radius 3 is 2.40 bits per heavy atom. The van der Waals surface area contributed by atoms with Crippen LogP contribution in [0.5, 0.6) is 0 Å². The molecule has 0 bridgehead atoms. The van der Waals surface area contributed by atoms with E-state index in [1.807, 2.05) is 44.2 Å². The van der Waals surface area contributed by atoms with Gasteiger partial charge in [-0.25, -0.2) is 4.39 Å². The molecule has 1 aromatic heterocycles. The molecule has 1 heterocycles. The van der Waals surface area contributed by atoms with E-state index in [4.69, 9.17) is 9.93 Å². The molecule has 8 heteroatoms. The van der Waals surface area contributed by atoms with Crippen LogP contribution in [0.25, 0.3) is 11.1 Å². The predicted octanol–water partition coefficient (Wildman–Crippen LogP) is 3.76. The third-order valence-corrected chi connectivity index (χ3v) is 4.88. The Bertz CT molecular complexity index is 1060. The smallest absolute Gasteiger partial charge is 0.253 e. The summed E-state index contributed by atoms with van der Waals surface area (Å²) >= 11 is 0. The maximum absolute atomic E-state index is 14.1. The van der Waals surface area contributed by atoms with Gasteiger partial charge in [-0.2, -0.15) is 4.99 Å². The molecule has 0 radical (unpaired) electrons. The minimum absolute atomic E-state index is 0.0955. The van der Waals surface area contributed by atoms with Crippen molar-refractivity contribution in [3.05, 3.63) is 71.7 Å². The van der Waals surface area contributed by atoms with Crippen molar-refractivity contribution in [3.8, 4) is 11.1 Å². The molecule has 0 spiro atoms. The van der Waals surface area contributed by atoms with E-state index in [2.05, 4.69) is 26.1 Å². The van der Waals surface area contributed by atoms with E-state index in [9.17, 15) is 4.39 Å². The second-order valence-corrected chi connectivity index (χ2v) is 7.19. The third kappa shape index (κ3) is 4.48. The van der Waals surface area contributed by atoms with Gasteiger partial charge in [0.05, 0.1) is 5.69 Å². The molecule has 4 N–H and O–H groups in total. The van der Waals surface area contributed by atoms with Gasteiger partial charge in [-0.15, -0.1) is 0 Å². The van der Waals surface area contributed by atoms with Crippen LogP contribution in [0.15, 0.2) is 64.1 Å². The molecule has 7 nitrogen and oxygen atoms in total. The summed E-state index contributed by atoms with van der Waals surface area (Å²) in [6, 6.07) is 16.2. The number of benzene rings is 2. The van der Waals surface area contributed by atoms with E-state index >= 15 is 0 Å². The molecular formula is C22H25FN6O. The lowest BCUT2D eigenvalue weighted by molar-refractivity contribution is 0.406. The van der Waals surface area contributed by atoms with Gasteiger partial charge in [0.15, 0.2) is 5.96 Å². The van der Waals surface area contributed by atoms with Crippen LogP contribution in [-0.2, 0) is 5.41 Å². The topological polar surface area (TPSA) is 98.3 Å². The normalized spacial score (nSPS) is 11.8. The minimum atomic E-state index is -0.448. The van der Waals surface area contributed by atoms with Gasteiger partial charge in [-0.3, -0.25) is 10.7 Å². The fourth-order valence-corrected chi connectivity index (χ4v) is 2.96. The molecule has 0 amide bonds. The van der Waals surface area contributed by atoms with Crippen molar-refractivity contribution >= 4 is 17.8 Å². The van der Waals surface area contributed by atoms with E-state index in [1.54, 1.807) is 32.3 Å². The van der Waals surface area contributed by atoms with Crippen LogP contribution in [-0.4, -0.2) is 31.2 Å². The molecule has 156 valence electrons. The number of nitrogens with one attached hydrogen (secondary N) is 4. The SMILES string of the molecule is CNC(=N)NC(=Nc1cc(C(C)(C)c2ccc(-c3ccccc3F)cc2)no1)NC. The molecule has 0 saturated carbocycles. The second-order valence-electron chi connectivity index (χ2n) is 7.19. The summed E-state index contributed by atoms with van der Waals surface area (Å²) in [4.78, 5) is 4.30. The first-order valence-electron chi connectivity index (χ1n) is 9.47. The average Bonchev–Trinajstić information content (AvgIpc) is 3.23. The highest BCUT2D eigenvalue weighted by molar-refractivity contribution is 5.97. The molecule has 3 rings (SSSR count). The van der Waals surface area contributed by atoms with Gasteiger partial charge < -0.3 is 15.2 Å². The number of hydrogen-bond acceptors (Lipinski definition) is 4. The monoisotopic (exact) mass is 408 g/mol. The summed E-state index contributed by atoms with van der Waals surface area (Å²) in [6.45, 7) is 4.06. The molecule has 0 fully saturated rings. The quantitative estimate of drug-likeness (QED) is 0.389.